The lowest BCUT2D eigenvalue weighted by Crippen LogP contribution is -2.31. The highest BCUT2D eigenvalue weighted by Gasteiger charge is 2.19. The van der Waals surface area contributed by atoms with E-state index in [1.165, 1.54) is 16.9 Å². The van der Waals surface area contributed by atoms with E-state index in [2.05, 4.69) is 36.3 Å². The van der Waals surface area contributed by atoms with Crippen LogP contribution < -0.4 is 5.32 Å². The summed E-state index contributed by atoms with van der Waals surface area (Å²) in [7, 11) is 0. The van der Waals surface area contributed by atoms with Gasteiger partial charge < -0.3 is 10.4 Å². The molecule has 0 saturated heterocycles. The fourth-order valence-electron chi connectivity index (χ4n) is 2.56. The van der Waals surface area contributed by atoms with Crippen molar-refractivity contribution in [3.8, 4) is 0 Å². The second-order valence-electron chi connectivity index (χ2n) is 6.13. The molecule has 1 aromatic heterocycles. The number of nitrogens with zero attached hydrogens (tertiary/aromatic N) is 1. The standard InChI is InChI=1S/C19H20N2O2S/c1-12(2)14-8-9-15-17(11-14)24-19(20-15)21-16(18(22)23)10-13-6-4-3-5-7-13/h3-9,11-12,16H,10H2,1-2H3,(H,20,21)(H,22,23)/t16-/m0/s1. The van der Waals surface area contributed by atoms with Crippen molar-refractivity contribution in [1.29, 1.82) is 0 Å². The van der Waals surface area contributed by atoms with Gasteiger partial charge in [0.15, 0.2) is 5.13 Å². The first kappa shape index (κ1) is 16.5. The van der Waals surface area contributed by atoms with Gasteiger partial charge in [0.1, 0.15) is 6.04 Å². The first-order chi connectivity index (χ1) is 11.5. The fourth-order valence-corrected chi connectivity index (χ4v) is 3.53. The number of nitrogens with one attached hydrogen (secondary N) is 1. The first-order valence-electron chi connectivity index (χ1n) is 7.96. The van der Waals surface area contributed by atoms with E-state index in [0.717, 1.165) is 15.8 Å². The number of carboxylic acid groups (broad SMARTS) is 1. The van der Waals surface area contributed by atoms with Crippen molar-refractivity contribution in [1.82, 2.24) is 4.98 Å². The molecule has 0 spiro atoms. The van der Waals surface area contributed by atoms with Gasteiger partial charge in [-0.2, -0.15) is 0 Å². The Morgan fingerprint density at radius 1 is 1.21 bits per heavy atom. The SMILES string of the molecule is CC(C)c1ccc2nc(N[C@@H](Cc3ccccc3)C(=O)O)sc2c1. The molecule has 1 atom stereocenters. The van der Waals surface area contributed by atoms with Gasteiger partial charge in [-0.15, -0.1) is 0 Å². The number of hydrogen-bond donors (Lipinski definition) is 2. The molecule has 4 nitrogen and oxygen atoms in total. The molecule has 24 heavy (non-hydrogen) atoms. The lowest BCUT2D eigenvalue weighted by molar-refractivity contribution is -0.137. The van der Waals surface area contributed by atoms with Gasteiger partial charge in [0.25, 0.3) is 0 Å². The summed E-state index contributed by atoms with van der Waals surface area (Å²) in [6.45, 7) is 4.31. The number of fused-ring (bicyclic) bond motifs is 1. The molecule has 0 bridgehead atoms. The van der Waals surface area contributed by atoms with E-state index in [-0.39, 0.29) is 0 Å². The fraction of sp³-hybridized carbons (Fsp3) is 0.263. The summed E-state index contributed by atoms with van der Waals surface area (Å²) in [6.07, 6.45) is 0.420. The van der Waals surface area contributed by atoms with Gasteiger partial charge in [-0.3, -0.25) is 0 Å². The molecule has 0 aliphatic heterocycles. The van der Waals surface area contributed by atoms with Crippen molar-refractivity contribution in [2.75, 3.05) is 5.32 Å². The van der Waals surface area contributed by atoms with Crippen LogP contribution in [0.4, 0.5) is 5.13 Å². The van der Waals surface area contributed by atoms with E-state index in [0.29, 0.717) is 17.5 Å². The van der Waals surface area contributed by atoms with Crippen molar-refractivity contribution >= 4 is 32.7 Å². The maximum absolute atomic E-state index is 11.6. The number of thiazole rings is 1. The Bertz CT molecular complexity index is 843. The Hall–Kier alpha value is -2.40. The van der Waals surface area contributed by atoms with Gasteiger partial charge in [0.05, 0.1) is 10.2 Å². The van der Waals surface area contributed by atoms with Crippen molar-refractivity contribution in [2.45, 2.75) is 32.2 Å². The Balaban J connectivity index is 1.82. The molecule has 0 saturated carbocycles. The molecule has 2 aromatic carbocycles. The van der Waals surface area contributed by atoms with E-state index in [1.54, 1.807) is 0 Å². The largest absolute Gasteiger partial charge is 0.480 e. The minimum Gasteiger partial charge on any atom is -0.480 e. The van der Waals surface area contributed by atoms with Crippen LogP contribution in [0.25, 0.3) is 10.2 Å². The van der Waals surface area contributed by atoms with Crippen LogP contribution in [0.15, 0.2) is 48.5 Å². The molecule has 0 fully saturated rings. The predicted molar refractivity (Wildman–Crippen MR) is 98.9 cm³/mol. The van der Waals surface area contributed by atoms with Crippen LogP contribution in [0.3, 0.4) is 0 Å². The lowest BCUT2D eigenvalue weighted by atomic mass is 10.0. The zero-order chi connectivity index (χ0) is 17.1. The number of aliphatic carboxylic acids is 1. The zero-order valence-electron chi connectivity index (χ0n) is 13.7. The molecular weight excluding hydrogens is 320 g/mol. The Kier molecular flexibility index (Phi) is 4.81. The smallest absolute Gasteiger partial charge is 0.326 e. The van der Waals surface area contributed by atoms with Gasteiger partial charge >= 0.3 is 5.97 Å². The lowest BCUT2D eigenvalue weighted by Gasteiger charge is -2.13. The second-order valence-corrected chi connectivity index (χ2v) is 7.16. The van der Waals surface area contributed by atoms with Crippen LogP contribution in [0, 0.1) is 0 Å². The summed E-state index contributed by atoms with van der Waals surface area (Å²) in [5, 5.41) is 13.2. The van der Waals surface area contributed by atoms with Crippen molar-refractivity contribution in [3.63, 3.8) is 0 Å². The second kappa shape index (κ2) is 7.01. The highest BCUT2D eigenvalue weighted by molar-refractivity contribution is 7.22. The van der Waals surface area contributed by atoms with E-state index >= 15 is 0 Å². The van der Waals surface area contributed by atoms with E-state index in [9.17, 15) is 9.90 Å². The predicted octanol–water partition coefficient (Wildman–Crippen LogP) is 4.53. The Morgan fingerprint density at radius 2 is 1.96 bits per heavy atom. The topological polar surface area (TPSA) is 62.2 Å². The zero-order valence-corrected chi connectivity index (χ0v) is 14.5. The van der Waals surface area contributed by atoms with Gasteiger partial charge in [-0.1, -0.05) is 61.6 Å². The maximum Gasteiger partial charge on any atom is 0.326 e. The molecule has 2 N–H and O–H groups in total. The molecule has 0 aliphatic carbocycles. The van der Waals surface area contributed by atoms with Crippen LogP contribution in [0.2, 0.25) is 0 Å². The van der Waals surface area contributed by atoms with Gasteiger partial charge in [-0.05, 0) is 29.2 Å². The normalized spacial score (nSPS) is 12.5. The average Bonchev–Trinajstić information content (AvgIpc) is 2.96. The summed E-state index contributed by atoms with van der Waals surface area (Å²) in [5.41, 5.74) is 3.15. The highest BCUT2D eigenvalue weighted by Crippen LogP contribution is 2.29. The minimum atomic E-state index is -0.874. The number of rotatable bonds is 6. The number of carboxylic acids is 1. The average molecular weight is 340 g/mol. The highest BCUT2D eigenvalue weighted by atomic mass is 32.1. The molecule has 0 radical (unpaired) electrons. The summed E-state index contributed by atoms with van der Waals surface area (Å²) < 4.78 is 1.08. The monoisotopic (exact) mass is 340 g/mol. The third-order valence-corrected chi connectivity index (χ3v) is 4.91. The van der Waals surface area contributed by atoms with Gasteiger partial charge in [-0.25, -0.2) is 9.78 Å². The Morgan fingerprint density at radius 3 is 2.62 bits per heavy atom. The van der Waals surface area contributed by atoms with E-state index < -0.39 is 12.0 Å². The molecule has 0 aliphatic rings. The minimum absolute atomic E-state index is 0.420. The molecule has 1 heterocycles. The quantitative estimate of drug-likeness (QED) is 0.692. The summed E-state index contributed by atoms with van der Waals surface area (Å²) >= 11 is 1.50. The van der Waals surface area contributed by atoms with Crippen LogP contribution >= 0.6 is 11.3 Å². The number of anilines is 1. The summed E-state index contributed by atoms with van der Waals surface area (Å²) in [6, 6.07) is 15.1. The molecule has 5 heteroatoms. The number of carbonyl (C=O) groups is 1. The van der Waals surface area contributed by atoms with Crippen LogP contribution in [0.5, 0.6) is 0 Å². The third kappa shape index (κ3) is 3.74. The van der Waals surface area contributed by atoms with Crippen LogP contribution in [-0.4, -0.2) is 22.1 Å². The van der Waals surface area contributed by atoms with Crippen LogP contribution in [-0.2, 0) is 11.2 Å². The molecular formula is C19H20N2O2S. The molecule has 124 valence electrons. The maximum atomic E-state index is 11.6. The first-order valence-corrected chi connectivity index (χ1v) is 8.78. The summed E-state index contributed by atoms with van der Waals surface area (Å²) in [4.78, 5) is 16.1. The molecule has 3 rings (SSSR count). The number of benzene rings is 2. The number of aromatic nitrogens is 1. The summed E-state index contributed by atoms with van der Waals surface area (Å²) in [5.74, 6) is -0.418. The van der Waals surface area contributed by atoms with E-state index in [4.69, 9.17) is 0 Å². The van der Waals surface area contributed by atoms with E-state index in [1.807, 2.05) is 36.4 Å². The van der Waals surface area contributed by atoms with Crippen molar-refractivity contribution < 1.29 is 9.90 Å². The molecule has 3 aromatic rings. The van der Waals surface area contributed by atoms with Crippen molar-refractivity contribution in [3.05, 3.63) is 59.7 Å². The number of hydrogen-bond acceptors (Lipinski definition) is 4. The van der Waals surface area contributed by atoms with Crippen LogP contribution in [0.1, 0.15) is 30.9 Å². The van der Waals surface area contributed by atoms with Gasteiger partial charge in [0, 0.05) is 6.42 Å². The van der Waals surface area contributed by atoms with Crippen molar-refractivity contribution in [2.24, 2.45) is 0 Å². The molecule has 0 amide bonds. The third-order valence-electron chi connectivity index (χ3n) is 3.96. The molecule has 0 unspecified atom stereocenters. The van der Waals surface area contributed by atoms with Gasteiger partial charge in [0.2, 0.25) is 0 Å². The Labute approximate surface area is 145 Å².